The van der Waals surface area contributed by atoms with Gasteiger partial charge in [-0.05, 0) is 146 Å². The Labute approximate surface area is 146 Å². The lowest BCUT2D eigenvalue weighted by Gasteiger charge is -2.53. The van der Waals surface area contributed by atoms with Crippen molar-refractivity contribution >= 4 is 0 Å². The van der Waals surface area contributed by atoms with Crippen LogP contribution in [0, 0.1) is 0 Å². The van der Waals surface area contributed by atoms with E-state index in [0.29, 0.717) is 0 Å². The fraction of sp³-hybridized carbons (Fsp3) is 0.750. The van der Waals surface area contributed by atoms with E-state index < -0.39 is 0 Å². The Morgan fingerprint density at radius 3 is 0.500 bits per heavy atom. The molecule has 24 heavy (non-hydrogen) atoms. The maximum atomic E-state index is 1.99. The number of fused-ring (bicyclic) bond motifs is 6. The molecule has 3 fully saturated rings. The van der Waals surface area contributed by atoms with Crippen LogP contribution >= 0.6 is 0 Å². The normalized spacial score (nSPS) is 43.5. The van der Waals surface area contributed by atoms with Crippen molar-refractivity contribution in [2.45, 2.75) is 113 Å². The Morgan fingerprint density at radius 2 is 0.375 bits per heavy atom. The van der Waals surface area contributed by atoms with Gasteiger partial charge < -0.3 is 0 Å². The summed E-state index contributed by atoms with van der Waals surface area (Å²) < 4.78 is 0. The number of hydrogen-bond donors (Lipinski definition) is 0. The molecule has 9 aliphatic carbocycles. The summed E-state index contributed by atoms with van der Waals surface area (Å²) >= 11 is 0. The standard InChI is InChI=1S/C24H30/c1-2-14-4-3-13(1)19-20(14)22-16-9-11-18(12-10-16)24(22)23-17-7-5-15(6-8-17)21(19)23/h13-18H,1-12H2. The van der Waals surface area contributed by atoms with E-state index in [9.17, 15) is 0 Å². The van der Waals surface area contributed by atoms with E-state index in [-0.39, 0.29) is 0 Å². The molecule has 9 aliphatic rings. The first-order chi connectivity index (χ1) is 11.9. The molecule has 0 spiro atoms. The molecule has 0 atom stereocenters. The van der Waals surface area contributed by atoms with Gasteiger partial charge in [-0.2, -0.15) is 0 Å². The van der Waals surface area contributed by atoms with E-state index in [2.05, 4.69) is 0 Å². The van der Waals surface area contributed by atoms with E-state index in [1.54, 1.807) is 0 Å². The van der Waals surface area contributed by atoms with Crippen LogP contribution in [0.3, 0.4) is 0 Å². The molecule has 10 rings (SSSR count). The van der Waals surface area contributed by atoms with Gasteiger partial charge in [0.2, 0.25) is 0 Å². The molecular formula is C24H30. The fourth-order valence-electron chi connectivity index (χ4n) is 8.52. The lowest BCUT2D eigenvalue weighted by atomic mass is 9.52. The van der Waals surface area contributed by atoms with Crippen LogP contribution in [0.4, 0.5) is 0 Å². The minimum absolute atomic E-state index is 0.962. The van der Waals surface area contributed by atoms with Gasteiger partial charge in [0.05, 0.1) is 0 Å². The van der Waals surface area contributed by atoms with Gasteiger partial charge in [0, 0.05) is 0 Å². The van der Waals surface area contributed by atoms with Crippen molar-refractivity contribution in [1.29, 1.82) is 0 Å². The molecule has 0 N–H and O–H groups in total. The molecule has 0 heterocycles. The van der Waals surface area contributed by atoms with Crippen molar-refractivity contribution in [2.24, 2.45) is 0 Å². The van der Waals surface area contributed by atoms with Gasteiger partial charge in [-0.25, -0.2) is 0 Å². The third-order valence-corrected chi connectivity index (χ3v) is 9.37. The SMILES string of the molecule is C1CC2CCC1c1c3c(c4c(c12)C1CCC4CC1)C1CCC3CC1. The largest absolute Gasteiger partial charge is 0.0458 e. The van der Waals surface area contributed by atoms with Crippen LogP contribution in [0.2, 0.25) is 0 Å². The van der Waals surface area contributed by atoms with Crippen molar-refractivity contribution < 1.29 is 0 Å². The third kappa shape index (κ3) is 1.45. The van der Waals surface area contributed by atoms with Gasteiger partial charge in [0.1, 0.15) is 0 Å². The van der Waals surface area contributed by atoms with Crippen molar-refractivity contribution in [1.82, 2.24) is 0 Å². The number of hydrogen-bond acceptors (Lipinski definition) is 0. The average molecular weight is 319 g/mol. The zero-order valence-corrected chi connectivity index (χ0v) is 14.9. The molecule has 0 aliphatic heterocycles. The summed E-state index contributed by atoms with van der Waals surface area (Å²) in [6, 6.07) is 0. The van der Waals surface area contributed by atoms with Crippen LogP contribution in [0.15, 0.2) is 0 Å². The van der Waals surface area contributed by atoms with E-state index in [0.717, 1.165) is 35.5 Å². The fourth-order valence-corrected chi connectivity index (χ4v) is 8.52. The monoisotopic (exact) mass is 318 g/mol. The zero-order chi connectivity index (χ0) is 15.4. The highest BCUT2D eigenvalue weighted by atomic mass is 14.5. The zero-order valence-electron chi connectivity index (χ0n) is 14.9. The summed E-state index contributed by atoms with van der Waals surface area (Å²) in [7, 11) is 0. The molecule has 0 unspecified atom stereocenters. The van der Waals surface area contributed by atoms with Gasteiger partial charge in [0.25, 0.3) is 0 Å². The molecule has 3 saturated carbocycles. The Bertz CT molecular complexity index is 534. The maximum Gasteiger partial charge on any atom is -0.0156 e. The van der Waals surface area contributed by atoms with Crippen LogP contribution in [-0.2, 0) is 0 Å². The van der Waals surface area contributed by atoms with Crippen molar-refractivity contribution in [3.05, 3.63) is 33.4 Å². The number of benzene rings is 1. The van der Waals surface area contributed by atoms with E-state index in [4.69, 9.17) is 0 Å². The van der Waals surface area contributed by atoms with Crippen LogP contribution in [0.25, 0.3) is 0 Å². The Hall–Kier alpha value is -0.780. The molecule has 0 heteroatoms. The van der Waals surface area contributed by atoms with Crippen LogP contribution < -0.4 is 0 Å². The highest BCUT2D eigenvalue weighted by molar-refractivity contribution is 5.63. The topological polar surface area (TPSA) is 0 Å². The van der Waals surface area contributed by atoms with Gasteiger partial charge in [-0.3, -0.25) is 0 Å². The Kier molecular flexibility index (Phi) is 2.51. The quantitative estimate of drug-likeness (QED) is 0.485. The summed E-state index contributed by atoms with van der Waals surface area (Å²) in [6.45, 7) is 0. The van der Waals surface area contributed by atoms with E-state index in [1.807, 2.05) is 33.4 Å². The van der Waals surface area contributed by atoms with Gasteiger partial charge in [-0.1, -0.05) is 0 Å². The summed E-state index contributed by atoms with van der Waals surface area (Å²) in [6.07, 6.45) is 18.3. The van der Waals surface area contributed by atoms with Crippen molar-refractivity contribution in [2.75, 3.05) is 0 Å². The lowest BCUT2D eigenvalue weighted by molar-refractivity contribution is 0.296. The highest BCUT2D eigenvalue weighted by Crippen LogP contribution is 2.65. The number of rotatable bonds is 0. The Balaban J connectivity index is 1.63. The minimum Gasteiger partial charge on any atom is -0.0458 e. The average Bonchev–Trinajstić information content (AvgIpc) is 2.70. The van der Waals surface area contributed by atoms with Crippen LogP contribution in [0.5, 0.6) is 0 Å². The first-order valence-electron chi connectivity index (χ1n) is 11.1. The van der Waals surface area contributed by atoms with Crippen LogP contribution in [0.1, 0.15) is 146 Å². The summed E-state index contributed by atoms with van der Waals surface area (Å²) in [5, 5.41) is 0. The molecule has 6 bridgehead atoms. The molecule has 0 aromatic heterocycles. The molecular weight excluding hydrogens is 288 g/mol. The predicted octanol–water partition coefficient (Wildman–Crippen LogP) is 6.95. The first kappa shape index (κ1) is 13.4. The molecule has 0 nitrogen and oxygen atoms in total. The second-order valence-corrected chi connectivity index (χ2v) is 10.1. The van der Waals surface area contributed by atoms with Crippen LogP contribution in [-0.4, -0.2) is 0 Å². The van der Waals surface area contributed by atoms with Gasteiger partial charge >= 0.3 is 0 Å². The van der Waals surface area contributed by atoms with Crippen molar-refractivity contribution in [3.63, 3.8) is 0 Å². The summed E-state index contributed by atoms with van der Waals surface area (Å²) in [5.74, 6) is 5.77. The highest BCUT2D eigenvalue weighted by Gasteiger charge is 2.48. The predicted molar refractivity (Wildman–Crippen MR) is 98.3 cm³/mol. The smallest absolute Gasteiger partial charge is 0.0156 e. The van der Waals surface area contributed by atoms with Gasteiger partial charge in [0.15, 0.2) is 0 Å². The summed E-state index contributed by atoms with van der Waals surface area (Å²) in [5.41, 5.74) is 12.0. The molecule has 1 aromatic rings. The third-order valence-electron chi connectivity index (χ3n) is 9.37. The lowest BCUT2D eigenvalue weighted by Crippen LogP contribution is -2.36. The molecule has 0 saturated heterocycles. The molecule has 0 radical (unpaired) electrons. The molecule has 0 amide bonds. The van der Waals surface area contributed by atoms with Gasteiger partial charge in [-0.15, -0.1) is 0 Å². The minimum atomic E-state index is 0.962. The maximum absolute atomic E-state index is 1.99. The Morgan fingerprint density at radius 1 is 0.250 bits per heavy atom. The van der Waals surface area contributed by atoms with Crippen molar-refractivity contribution in [3.8, 4) is 0 Å². The van der Waals surface area contributed by atoms with E-state index >= 15 is 0 Å². The molecule has 1 aromatic carbocycles. The molecule has 126 valence electrons. The second kappa shape index (κ2) is 4.49. The summed E-state index contributed by atoms with van der Waals surface area (Å²) in [4.78, 5) is 0. The van der Waals surface area contributed by atoms with E-state index in [1.165, 1.54) is 77.0 Å². The first-order valence-corrected chi connectivity index (χ1v) is 11.1. The second-order valence-electron chi connectivity index (χ2n) is 10.1.